The molecule has 0 saturated carbocycles. The van der Waals surface area contributed by atoms with Gasteiger partial charge in [-0.15, -0.1) is 0 Å². The summed E-state index contributed by atoms with van der Waals surface area (Å²) in [6.07, 6.45) is -3.61. The number of ether oxygens (including phenoxy) is 1. The molecule has 1 aliphatic heterocycles. The molecule has 0 N–H and O–H groups in total. The van der Waals surface area contributed by atoms with Crippen LogP contribution in [0.4, 0.5) is 13.2 Å². The molecule has 1 heterocycles. The lowest BCUT2D eigenvalue weighted by molar-refractivity contribution is -0.156. The smallest absolute Gasteiger partial charge is 0.416 e. The molecule has 30 heavy (non-hydrogen) atoms. The Labute approximate surface area is 172 Å². The van der Waals surface area contributed by atoms with Crippen molar-refractivity contribution < 1.29 is 32.3 Å². The molecule has 0 aliphatic carbocycles. The summed E-state index contributed by atoms with van der Waals surface area (Å²) in [4.78, 5) is 39.3. The summed E-state index contributed by atoms with van der Waals surface area (Å²) in [5, 5.41) is 8.52. The minimum atomic E-state index is -4.47. The van der Waals surface area contributed by atoms with Gasteiger partial charge in [-0.2, -0.15) is 18.4 Å². The lowest BCUT2D eigenvalue weighted by atomic mass is 9.96. The zero-order valence-electron chi connectivity index (χ0n) is 16.4. The first-order valence-corrected chi connectivity index (χ1v) is 9.37. The summed E-state index contributed by atoms with van der Waals surface area (Å²) in [5.74, 6) is -1.80. The molecule has 1 saturated heterocycles. The minimum Gasteiger partial charge on any atom is -0.455 e. The van der Waals surface area contributed by atoms with E-state index < -0.39 is 42.0 Å². The molecule has 0 bridgehead atoms. The topological polar surface area (TPSA) is 90.7 Å². The lowest BCUT2D eigenvalue weighted by Gasteiger charge is -2.31. The molecule has 7 nitrogen and oxygen atoms in total. The van der Waals surface area contributed by atoms with Gasteiger partial charge in [-0.25, -0.2) is 0 Å². The van der Waals surface area contributed by atoms with E-state index in [4.69, 9.17) is 10.00 Å². The third-order valence-electron chi connectivity index (χ3n) is 4.90. The zero-order valence-corrected chi connectivity index (χ0v) is 16.4. The summed E-state index contributed by atoms with van der Waals surface area (Å²) in [7, 11) is 1.51. The van der Waals surface area contributed by atoms with E-state index in [-0.39, 0.29) is 31.6 Å². The number of likely N-dealkylation sites (N-methyl/N-ethyl adjacent to an activating group) is 1. The average Bonchev–Trinajstić information content (AvgIpc) is 2.74. The number of rotatable bonds is 6. The first-order valence-electron chi connectivity index (χ1n) is 9.37. The number of nitriles is 1. The lowest BCUT2D eigenvalue weighted by Crippen LogP contribution is -2.41. The Morgan fingerprint density at radius 3 is 2.33 bits per heavy atom. The monoisotopic (exact) mass is 425 g/mol. The SMILES string of the molecule is CN(CCC#N)C(=O)COC(=O)C1CCN(C(=O)c2ccc(C(F)(F)F)cc2)CC1. The molecule has 0 unspecified atom stereocenters. The number of benzene rings is 1. The second-order valence-electron chi connectivity index (χ2n) is 6.97. The molecule has 10 heteroatoms. The van der Waals surface area contributed by atoms with Gasteiger partial charge in [0, 0.05) is 32.2 Å². The predicted molar refractivity (Wildman–Crippen MR) is 98.9 cm³/mol. The molecule has 0 spiro atoms. The van der Waals surface area contributed by atoms with Crippen LogP contribution in [0.5, 0.6) is 0 Å². The van der Waals surface area contributed by atoms with E-state index in [2.05, 4.69) is 0 Å². The molecule has 0 atom stereocenters. The molecular weight excluding hydrogens is 403 g/mol. The number of halogens is 3. The number of amides is 2. The van der Waals surface area contributed by atoms with Gasteiger partial charge in [-0.1, -0.05) is 0 Å². The van der Waals surface area contributed by atoms with Crippen LogP contribution in [0, 0.1) is 17.2 Å². The molecule has 162 valence electrons. The molecule has 1 aliphatic rings. The summed E-state index contributed by atoms with van der Waals surface area (Å²) in [5.41, 5.74) is -0.677. The van der Waals surface area contributed by atoms with Crippen molar-refractivity contribution in [3.8, 4) is 6.07 Å². The van der Waals surface area contributed by atoms with Gasteiger partial charge < -0.3 is 14.5 Å². The number of likely N-dealkylation sites (tertiary alicyclic amines) is 1. The van der Waals surface area contributed by atoms with Crippen LogP contribution in [0.25, 0.3) is 0 Å². The molecule has 0 radical (unpaired) electrons. The average molecular weight is 425 g/mol. The van der Waals surface area contributed by atoms with Crippen molar-refractivity contribution in [1.29, 1.82) is 5.26 Å². The van der Waals surface area contributed by atoms with Crippen LogP contribution >= 0.6 is 0 Å². The Bertz CT molecular complexity index is 810. The fourth-order valence-corrected chi connectivity index (χ4v) is 3.01. The van der Waals surface area contributed by atoms with Gasteiger partial charge in [0.2, 0.25) is 0 Å². The first-order chi connectivity index (χ1) is 14.1. The quantitative estimate of drug-likeness (QED) is 0.653. The third-order valence-corrected chi connectivity index (χ3v) is 4.90. The maximum absolute atomic E-state index is 12.6. The van der Waals surface area contributed by atoms with E-state index >= 15 is 0 Å². The Morgan fingerprint density at radius 2 is 1.80 bits per heavy atom. The Balaban J connectivity index is 1.81. The molecule has 1 aromatic rings. The molecule has 1 aromatic carbocycles. The summed E-state index contributed by atoms with van der Waals surface area (Å²) < 4.78 is 42.9. The highest BCUT2D eigenvalue weighted by atomic mass is 19.4. The summed E-state index contributed by atoms with van der Waals surface area (Å²) in [6.45, 7) is 0.355. The molecule has 2 amide bonds. The fraction of sp³-hybridized carbons (Fsp3) is 0.500. The number of hydrogen-bond acceptors (Lipinski definition) is 5. The predicted octanol–water partition coefficient (Wildman–Crippen LogP) is 2.47. The number of carbonyl (C=O) groups excluding carboxylic acids is 3. The van der Waals surface area contributed by atoms with Crippen LogP contribution < -0.4 is 0 Å². The van der Waals surface area contributed by atoms with Gasteiger partial charge in [0.15, 0.2) is 6.61 Å². The highest BCUT2D eigenvalue weighted by Crippen LogP contribution is 2.29. The van der Waals surface area contributed by atoms with Crippen LogP contribution in [0.2, 0.25) is 0 Å². The van der Waals surface area contributed by atoms with Crippen molar-refractivity contribution in [3.05, 3.63) is 35.4 Å². The number of carbonyl (C=O) groups is 3. The number of piperidine rings is 1. The van der Waals surface area contributed by atoms with Gasteiger partial charge in [0.1, 0.15) is 0 Å². The van der Waals surface area contributed by atoms with Crippen LogP contribution in [0.15, 0.2) is 24.3 Å². The standard InChI is InChI=1S/C20H22F3N3O4/c1-25(10-2-9-24)17(27)13-30-19(29)15-7-11-26(12-8-15)18(28)14-3-5-16(6-4-14)20(21,22)23/h3-6,15H,2,7-8,10-13H2,1H3. The normalized spacial score (nSPS) is 14.7. The van der Waals surface area contributed by atoms with Crippen molar-refractivity contribution in [2.75, 3.05) is 33.3 Å². The van der Waals surface area contributed by atoms with E-state index in [1.165, 1.54) is 16.8 Å². The van der Waals surface area contributed by atoms with Gasteiger partial charge in [0.05, 0.1) is 24.0 Å². The van der Waals surface area contributed by atoms with Crippen molar-refractivity contribution >= 4 is 17.8 Å². The van der Waals surface area contributed by atoms with Crippen molar-refractivity contribution in [2.45, 2.75) is 25.4 Å². The van der Waals surface area contributed by atoms with E-state index in [0.29, 0.717) is 12.8 Å². The Morgan fingerprint density at radius 1 is 1.20 bits per heavy atom. The Hall–Kier alpha value is -3.09. The highest BCUT2D eigenvalue weighted by molar-refractivity contribution is 5.94. The molecule has 0 aromatic heterocycles. The third kappa shape index (κ3) is 6.20. The van der Waals surface area contributed by atoms with E-state index in [9.17, 15) is 27.6 Å². The minimum absolute atomic E-state index is 0.148. The van der Waals surface area contributed by atoms with E-state index in [0.717, 1.165) is 24.3 Å². The van der Waals surface area contributed by atoms with E-state index in [1.807, 2.05) is 6.07 Å². The zero-order chi connectivity index (χ0) is 22.3. The second kappa shape index (κ2) is 10.1. The maximum atomic E-state index is 12.6. The number of esters is 1. The number of alkyl halides is 3. The largest absolute Gasteiger partial charge is 0.455 e. The van der Waals surface area contributed by atoms with Gasteiger partial charge in [0.25, 0.3) is 11.8 Å². The summed E-state index contributed by atoms with van der Waals surface area (Å²) >= 11 is 0. The van der Waals surface area contributed by atoms with E-state index in [1.54, 1.807) is 0 Å². The molecule has 1 fully saturated rings. The Kier molecular flexibility index (Phi) is 7.80. The summed E-state index contributed by atoms with van der Waals surface area (Å²) in [6, 6.07) is 5.92. The van der Waals surface area contributed by atoms with Crippen molar-refractivity contribution in [1.82, 2.24) is 9.80 Å². The van der Waals surface area contributed by atoms with Crippen molar-refractivity contribution in [2.24, 2.45) is 5.92 Å². The van der Waals surface area contributed by atoms with Crippen LogP contribution in [0.3, 0.4) is 0 Å². The second-order valence-corrected chi connectivity index (χ2v) is 6.97. The number of nitrogens with zero attached hydrogens (tertiary/aromatic N) is 3. The first kappa shape index (κ1) is 23.2. The van der Waals surface area contributed by atoms with Gasteiger partial charge in [-0.3, -0.25) is 14.4 Å². The van der Waals surface area contributed by atoms with Gasteiger partial charge in [-0.05, 0) is 37.1 Å². The molecular formula is C20H22F3N3O4. The van der Waals surface area contributed by atoms with Crippen LogP contribution in [-0.4, -0.2) is 60.9 Å². The van der Waals surface area contributed by atoms with Gasteiger partial charge >= 0.3 is 12.1 Å². The fourth-order valence-electron chi connectivity index (χ4n) is 3.01. The van der Waals surface area contributed by atoms with Crippen molar-refractivity contribution in [3.63, 3.8) is 0 Å². The van der Waals surface area contributed by atoms with Crippen LogP contribution in [0.1, 0.15) is 35.2 Å². The highest BCUT2D eigenvalue weighted by Gasteiger charge is 2.32. The van der Waals surface area contributed by atoms with Crippen LogP contribution in [-0.2, 0) is 20.5 Å². The number of hydrogen-bond donors (Lipinski definition) is 0. The maximum Gasteiger partial charge on any atom is 0.416 e. The molecule has 2 rings (SSSR count).